The molecule has 0 saturated heterocycles. The zero-order valence-corrected chi connectivity index (χ0v) is 15.3. The number of aromatic nitrogens is 1. The summed E-state index contributed by atoms with van der Waals surface area (Å²) in [5, 5.41) is 2.93. The van der Waals surface area contributed by atoms with E-state index >= 15 is 0 Å². The van der Waals surface area contributed by atoms with E-state index in [1.54, 1.807) is 12.1 Å². The van der Waals surface area contributed by atoms with Gasteiger partial charge >= 0.3 is 0 Å². The molecule has 1 heterocycles. The molecule has 0 spiro atoms. The van der Waals surface area contributed by atoms with Crippen molar-refractivity contribution in [3.8, 4) is 11.5 Å². The van der Waals surface area contributed by atoms with E-state index in [2.05, 4.69) is 24.1 Å². The van der Waals surface area contributed by atoms with Gasteiger partial charge in [-0.05, 0) is 66.9 Å². The van der Waals surface area contributed by atoms with E-state index in [1.165, 1.54) is 11.1 Å². The molecule has 0 fully saturated rings. The first-order valence-electron chi connectivity index (χ1n) is 8.90. The van der Waals surface area contributed by atoms with Crippen LogP contribution in [-0.4, -0.2) is 10.9 Å². The summed E-state index contributed by atoms with van der Waals surface area (Å²) in [7, 11) is 0. The molecule has 4 heteroatoms. The summed E-state index contributed by atoms with van der Waals surface area (Å²) < 4.78 is 5.90. The maximum Gasteiger partial charge on any atom is 0.251 e. The van der Waals surface area contributed by atoms with Crippen LogP contribution in [0.25, 0.3) is 22.6 Å². The van der Waals surface area contributed by atoms with Crippen molar-refractivity contribution < 1.29 is 9.21 Å². The van der Waals surface area contributed by atoms with E-state index in [-0.39, 0.29) is 5.91 Å². The van der Waals surface area contributed by atoms with Gasteiger partial charge < -0.3 is 9.73 Å². The van der Waals surface area contributed by atoms with Crippen molar-refractivity contribution in [2.24, 2.45) is 0 Å². The monoisotopic (exact) mass is 356 g/mol. The lowest BCUT2D eigenvalue weighted by molar-refractivity contribution is 0.0951. The van der Waals surface area contributed by atoms with E-state index in [0.29, 0.717) is 18.0 Å². The Kier molecular flexibility index (Phi) is 4.47. The smallest absolute Gasteiger partial charge is 0.251 e. The molecule has 0 aliphatic rings. The van der Waals surface area contributed by atoms with Crippen molar-refractivity contribution in [1.29, 1.82) is 0 Å². The Balaban J connectivity index is 1.48. The summed E-state index contributed by atoms with van der Waals surface area (Å²) in [6, 6.07) is 21.2. The SMILES string of the molecule is Cc1cc2nc(-c3ccc(CNC(=O)c4ccccc4)cc3)oc2cc1C. The van der Waals surface area contributed by atoms with Gasteiger partial charge in [-0.15, -0.1) is 0 Å². The number of carbonyl (C=O) groups is 1. The van der Waals surface area contributed by atoms with Gasteiger partial charge in [0.05, 0.1) is 0 Å². The highest BCUT2D eigenvalue weighted by molar-refractivity contribution is 5.94. The minimum Gasteiger partial charge on any atom is -0.436 e. The molecule has 1 aromatic heterocycles. The third kappa shape index (κ3) is 3.60. The van der Waals surface area contributed by atoms with Crippen LogP contribution in [0.1, 0.15) is 27.0 Å². The highest BCUT2D eigenvalue weighted by atomic mass is 16.3. The average Bonchev–Trinajstić information content (AvgIpc) is 3.10. The summed E-state index contributed by atoms with van der Waals surface area (Å²) in [6.07, 6.45) is 0. The minimum atomic E-state index is -0.0793. The molecule has 1 amide bonds. The molecule has 134 valence electrons. The van der Waals surface area contributed by atoms with Crippen LogP contribution >= 0.6 is 0 Å². The van der Waals surface area contributed by atoms with Crippen LogP contribution < -0.4 is 5.32 Å². The van der Waals surface area contributed by atoms with Crippen LogP contribution in [0.15, 0.2) is 71.1 Å². The third-order valence-electron chi connectivity index (χ3n) is 4.69. The summed E-state index contributed by atoms with van der Waals surface area (Å²) >= 11 is 0. The molecular formula is C23H20N2O2. The number of hydrogen-bond acceptors (Lipinski definition) is 3. The fourth-order valence-electron chi connectivity index (χ4n) is 2.94. The lowest BCUT2D eigenvalue weighted by atomic mass is 10.1. The van der Waals surface area contributed by atoms with Gasteiger partial charge in [0.1, 0.15) is 5.52 Å². The average molecular weight is 356 g/mol. The lowest BCUT2D eigenvalue weighted by Gasteiger charge is -2.06. The van der Waals surface area contributed by atoms with Gasteiger partial charge in [0.15, 0.2) is 5.58 Å². The van der Waals surface area contributed by atoms with E-state index in [0.717, 1.165) is 22.2 Å². The van der Waals surface area contributed by atoms with Gasteiger partial charge in [-0.2, -0.15) is 0 Å². The first-order valence-corrected chi connectivity index (χ1v) is 8.90. The Morgan fingerprint density at radius 3 is 2.41 bits per heavy atom. The first kappa shape index (κ1) is 17.0. The second kappa shape index (κ2) is 7.08. The number of benzene rings is 3. The van der Waals surface area contributed by atoms with Crippen molar-refractivity contribution in [3.05, 3.63) is 89.0 Å². The van der Waals surface area contributed by atoms with E-state index in [9.17, 15) is 4.79 Å². The normalized spacial score (nSPS) is 10.9. The lowest BCUT2D eigenvalue weighted by Crippen LogP contribution is -2.22. The Hall–Kier alpha value is -3.40. The highest BCUT2D eigenvalue weighted by Crippen LogP contribution is 2.26. The molecule has 4 aromatic rings. The van der Waals surface area contributed by atoms with Crippen LogP contribution in [0.5, 0.6) is 0 Å². The predicted molar refractivity (Wildman–Crippen MR) is 107 cm³/mol. The Morgan fingerprint density at radius 2 is 1.67 bits per heavy atom. The summed E-state index contributed by atoms with van der Waals surface area (Å²) in [5.74, 6) is 0.527. The first-order chi connectivity index (χ1) is 13.1. The van der Waals surface area contributed by atoms with Crippen LogP contribution in [0, 0.1) is 13.8 Å². The topological polar surface area (TPSA) is 55.1 Å². The number of hydrogen-bond donors (Lipinski definition) is 1. The Bertz CT molecular complexity index is 1060. The summed E-state index contributed by atoms with van der Waals surface area (Å²) in [4.78, 5) is 16.7. The van der Waals surface area contributed by atoms with E-state index in [1.807, 2.05) is 54.6 Å². The third-order valence-corrected chi connectivity index (χ3v) is 4.69. The number of fused-ring (bicyclic) bond motifs is 1. The second-order valence-corrected chi connectivity index (χ2v) is 6.67. The summed E-state index contributed by atoms with van der Waals surface area (Å²) in [6.45, 7) is 4.61. The van der Waals surface area contributed by atoms with Gasteiger partial charge in [0.25, 0.3) is 5.91 Å². The van der Waals surface area contributed by atoms with Gasteiger partial charge in [-0.3, -0.25) is 4.79 Å². The molecule has 0 aliphatic heterocycles. The molecule has 27 heavy (non-hydrogen) atoms. The molecule has 0 aliphatic carbocycles. The van der Waals surface area contributed by atoms with Crippen molar-refractivity contribution in [2.45, 2.75) is 20.4 Å². The standard InChI is InChI=1S/C23H20N2O2/c1-15-12-20-21(13-16(15)2)27-23(25-20)19-10-8-17(9-11-19)14-24-22(26)18-6-4-3-5-7-18/h3-13H,14H2,1-2H3,(H,24,26). The Labute approximate surface area is 157 Å². The van der Waals surface area contributed by atoms with Crippen LogP contribution in [0.4, 0.5) is 0 Å². The molecular weight excluding hydrogens is 336 g/mol. The molecule has 0 radical (unpaired) electrons. The zero-order valence-electron chi connectivity index (χ0n) is 15.3. The zero-order chi connectivity index (χ0) is 18.8. The molecule has 0 atom stereocenters. The molecule has 3 aromatic carbocycles. The molecule has 0 unspecified atom stereocenters. The number of carbonyl (C=O) groups excluding carboxylic acids is 1. The van der Waals surface area contributed by atoms with Gasteiger partial charge in [0, 0.05) is 17.7 Å². The van der Waals surface area contributed by atoms with Crippen molar-refractivity contribution >= 4 is 17.0 Å². The van der Waals surface area contributed by atoms with Crippen LogP contribution in [0.3, 0.4) is 0 Å². The predicted octanol–water partition coefficient (Wildman–Crippen LogP) is 5.04. The molecule has 0 saturated carbocycles. The second-order valence-electron chi connectivity index (χ2n) is 6.67. The number of aryl methyl sites for hydroxylation is 2. The highest BCUT2D eigenvalue weighted by Gasteiger charge is 2.10. The fraction of sp³-hybridized carbons (Fsp3) is 0.130. The molecule has 4 rings (SSSR count). The van der Waals surface area contributed by atoms with Crippen LogP contribution in [-0.2, 0) is 6.54 Å². The molecule has 1 N–H and O–H groups in total. The summed E-state index contributed by atoms with van der Waals surface area (Å²) in [5.41, 5.74) is 6.65. The minimum absolute atomic E-state index is 0.0793. The number of nitrogens with zero attached hydrogens (tertiary/aromatic N) is 1. The van der Waals surface area contributed by atoms with Crippen molar-refractivity contribution in [2.75, 3.05) is 0 Å². The molecule has 0 bridgehead atoms. The number of amides is 1. The van der Waals surface area contributed by atoms with E-state index < -0.39 is 0 Å². The maximum absolute atomic E-state index is 12.1. The van der Waals surface area contributed by atoms with Gasteiger partial charge in [-0.1, -0.05) is 30.3 Å². The number of oxazole rings is 1. The maximum atomic E-state index is 12.1. The Morgan fingerprint density at radius 1 is 0.963 bits per heavy atom. The van der Waals surface area contributed by atoms with Gasteiger partial charge in [0.2, 0.25) is 5.89 Å². The van der Waals surface area contributed by atoms with Gasteiger partial charge in [-0.25, -0.2) is 4.98 Å². The van der Waals surface area contributed by atoms with Crippen molar-refractivity contribution in [1.82, 2.24) is 10.3 Å². The van der Waals surface area contributed by atoms with Crippen LogP contribution in [0.2, 0.25) is 0 Å². The number of nitrogens with one attached hydrogen (secondary N) is 1. The molecule has 4 nitrogen and oxygen atoms in total. The quantitative estimate of drug-likeness (QED) is 0.557. The van der Waals surface area contributed by atoms with E-state index in [4.69, 9.17) is 4.42 Å². The largest absolute Gasteiger partial charge is 0.436 e. The van der Waals surface area contributed by atoms with Crippen molar-refractivity contribution in [3.63, 3.8) is 0 Å². The number of rotatable bonds is 4. The fourth-order valence-corrected chi connectivity index (χ4v) is 2.94.